The van der Waals surface area contributed by atoms with Gasteiger partial charge in [0.15, 0.2) is 0 Å². The van der Waals surface area contributed by atoms with Crippen molar-refractivity contribution in [3.8, 4) is 5.75 Å². The second-order valence-corrected chi connectivity index (χ2v) is 5.76. The van der Waals surface area contributed by atoms with Gasteiger partial charge in [-0.2, -0.15) is 0 Å². The third-order valence-electron chi connectivity index (χ3n) is 3.86. The molecule has 1 aliphatic carbocycles. The van der Waals surface area contributed by atoms with Crippen molar-refractivity contribution in [2.75, 3.05) is 6.54 Å². The molecule has 2 nitrogen and oxygen atoms in total. The molecule has 106 valence electrons. The van der Waals surface area contributed by atoms with Gasteiger partial charge in [0, 0.05) is 6.54 Å². The van der Waals surface area contributed by atoms with Gasteiger partial charge in [-0.25, -0.2) is 0 Å². The summed E-state index contributed by atoms with van der Waals surface area (Å²) in [5.41, 5.74) is 3.92. The molecule has 0 aliphatic heterocycles. The summed E-state index contributed by atoms with van der Waals surface area (Å²) in [6.07, 6.45) is 6.71. The Morgan fingerprint density at radius 3 is 2.37 bits per heavy atom. The Bertz CT molecular complexity index is 385. The highest BCUT2D eigenvalue weighted by Crippen LogP contribution is 2.30. The summed E-state index contributed by atoms with van der Waals surface area (Å²) in [5.74, 6) is 1.12. The fraction of sp³-hybridized carbons (Fsp3) is 0.647. The molecule has 1 aliphatic rings. The molecule has 0 heterocycles. The SMILES string of the molecule is CCCNCc1cc(C)c(OC2CCCC2)c(C)c1. The van der Waals surface area contributed by atoms with Gasteiger partial charge >= 0.3 is 0 Å². The Labute approximate surface area is 117 Å². The number of rotatable bonds is 6. The van der Waals surface area contributed by atoms with Crippen LogP contribution in [-0.2, 0) is 6.54 Å². The Morgan fingerprint density at radius 2 is 1.79 bits per heavy atom. The van der Waals surface area contributed by atoms with E-state index in [4.69, 9.17) is 4.74 Å². The Morgan fingerprint density at radius 1 is 1.16 bits per heavy atom. The highest BCUT2D eigenvalue weighted by Gasteiger charge is 2.18. The Balaban J connectivity index is 2.03. The van der Waals surface area contributed by atoms with Crippen LogP contribution in [0.5, 0.6) is 5.75 Å². The maximum atomic E-state index is 6.20. The van der Waals surface area contributed by atoms with Crippen LogP contribution in [0.15, 0.2) is 12.1 Å². The van der Waals surface area contributed by atoms with Crippen molar-refractivity contribution in [3.05, 3.63) is 28.8 Å². The molecule has 2 heteroatoms. The molecule has 1 aromatic carbocycles. The first-order valence-electron chi connectivity index (χ1n) is 7.68. The molecule has 0 spiro atoms. The van der Waals surface area contributed by atoms with E-state index in [0.717, 1.165) is 18.8 Å². The molecule has 1 saturated carbocycles. The van der Waals surface area contributed by atoms with Gasteiger partial charge in [0.2, 0.25) is 0 Å². The number of nitrogens with one attached hydrogen (secondary N) is 1. The first-order valence-corrected chi connectivity index (χ1v) is 7.68. The fourth-order valence-corrected chi connectivity index (χ4v) is 2.91. The average Bonchev–Trinajstić information content (AvgIpc) is 2.87. The average molecular weight is 261 g/mol. The van der Waals surface area contributed by atoms with Crippen LogP contribution >= 0.6 is 0 Å². The molecular weight excluding hydrogens is 234 g/mol. The van der Waals surface area contributed by atoms with Crippen LogP contribution in [-0.4, -0.2) is 12.6 Å². The number of benzene rings is 1. The Kier molecular flexibility index (Phi) is 5.26. The van der Waals surface area contributed by atoms with E-state index >= 15 is 0 Å². The molecule has 19 heavy (non-hydrogen) atoms. The first-order chi connectivity index (χ1) is 9.20. The van der Waals surface area contributed by atoms with Crippen molar-refractivity contribution in [1.29, 1.82) is 0 Å². The minimum Gasteiger partial charge on any atom is -0.490 e. The molecule has 0 unspecified atom stereocenters. The second kappa shape index (κ2) is 6.95. The van der Waals surface area contributed by atoms with Crippen LogP contribution in [0.3, 0.4) is 0 Å². The van der Waals surface area contributed by atoms with E-state index in [0.29, 0.717) is 6.10 Å². The monoisotopic (exact) mass is 261 g/mol. The molecule has 0 radical (unpaired) electrons. The number of hydrogen-bond donors (Lipinski definition) is 1. The van der Waals surface area contributed by atoms with Crippen LogP contribution in [0, 0.1) is 13.8 Å². The van der Waals surface area contributed by atoms with Crippen molar-refractivity contribution in [3.63, 3.8) is 0 Å². The lowest BCUT2D eigenvalue weighted by molar-refractivity contribution is 0.207. The minimum absolute atomic E-state index is 0.446. The van der Waals surface area contributed by atoms with E-state index in [1.54, 1.807) is 0 Å². The molecule has 0 saturated heterocycles. The van der Waals surface area contributed by atoms with E-state index in [2.05, 4.69) is 38.2 Å². The summed E-state index contributed by atoms with van der Waals surface area (Å²) in [6, 6.07) is 4.53. The molecular formula is C17H27NO. The van der Waals surface area contributed by atoms with Gasteiger partial charge in [-0.3, -0.25) is 0 Å². The predicted molar refractivity (Wildman–Crippen MR) is 80.8 cm³/mol. The summed E-state index contributed by atoms with van der Waals surface area (Å²) in [7, 11) is 0. The summed E-state index contributed by atoms with van der Waals surface area (Å²) in [5, 5.41) is 3.46. The largest absolute Gasteiger partial charge is 0.490 e. The molecule has 1 aromatic rings. The predicted octanol–water partition coefficient (Wildman–Crippen LogP) is 4.12. The van der Waals surface area contributed by atoms with Crippen LogP contribution in [0.4, 0.5) is 0 Å². The fourth-order valence-electron chi connectivity index (χ4n) is 2.91. The maximum Gasteiger partial charge on any atom is 0.125 e. The van der Waals surface area contributed by atoms with Crippen molar-refractivity contribution < 1.29 is 4.74 Å². The highest BCUT2D eigenvalue weighted by molar-refractivity contribution is 5.43. The number of hydrogen-bond acceptors (Lipinski definition) is 2. The number of ether oxygens (including phenoxy) is 1. The second-order valence-electron chi connectivity index (χ2n) is 5.76. The Hall–Kier alpha value is -1.02. The zero-order valence-electron chi connectivity index (χ0n) is 12.6. The van der Waals surface area contributed by atoms with Crippen LogP contribution in [0.1, 0.15) is 55.7 Å². The molecule has 1 N–H and O–H groups in total. The summed E-state index contributed by atoms with van der Waals surface area (Å²) < 4.78 is 6.20. The third kappa shape index (κ3) is 3.97. The standard InChI is InChI=1S/C17H27NO/c1-4-9-18-12-15-10-13(2)17(14(3)11-15)19-16-7-5-6-8-16/h10-11,16,18H,4-9,12H2,1-3H3. The van der Waals surface area contributed by atoms with Gasteiger partial charge in [-0.15, -0.1) is 0 Å². The van der Waals surface area contributed by atoms with Crippen molar-refractivity contribution in [2.24, 2.45) is 0 Å². The third-order valence-corrected chi connectivity index (χ3v) is 3.86. The summed E-state index contributed by atoms with van der Waals surface area (Å²) >= 11 is 0. The molecule has 0 bridgehead atoms. The van der Waals surface area contributed by atoms with Gasteiger partial charge in [-0.1, -0.05) is 19.1 Å². The normalized spacial score (nSPS) is 15.9. The molecule has 2 rings (SSSR count). The maximum absolute atomic E-state index is 6.20. The number of aryl methyl sites for hydroxylation is 2. The van der Waals surface area contributed by atoms with E-state index in [1.807, 2.05) is 0 Å². The van der Waals surface area contributed by atoms with Crippen molar-refractivity contribution >= 4 is 0 Å². The van der Waals surface area contributed by atoms with Crippen LogP contribution in [0.2, 0.25) is 0 Å². The molecule has 1 fully saturated rings. The summed E-state index contributed by atoms with van der Waals surface area (Å²) in [6.45, 7) is 8.57. The van der Waals surface area contributed by atoms with E-state index < -0.39 is 0 Å². The van der Waals surface area contributed by atoms with Crippen LogP contribution in [0.25, 0.3) is 0 Å². The van der Waals surface area contributed by atoms with Gasteiger partial charge in [-0.05, 0) is 69.2 Å². The van der Waals surface area contributed by atoms with Gasteiger partial charge in [0.05, 0.1) is 6.10 Å². The highest BCUT2D eigenvalue weighted by atomic mass is 16.5. The summed E-state index contributed by atoms with van der Waals surface area (Å²) in [4.78, 5) is 0. The molecule has 0 atom stereocenters. The van der Waals surface area contributed by atoms with E-state index in [9.17, 15) is 0 Å². The van der Waals surface area contributed by atoms with E-state index in [-0.39, 0.29) is 0 Å². The lowest BCUT2D eigenvalue weighted by Crippen LogP contribution is -2.15. The lowest BCUT2D eigenvalue weighted by atomic mass is 10.1. The first kappa shape index (κ1) is 14.4. The van der Waals surface area contributed by atoms with E-state index in [1.165, 1.54) is 48.8 Å². The zero-order chi connectivity index (χ0) is 13.7. The quantitative estimate of drug-likeness (QED) is 0.778. The smallest absolute Gasteiger partial charge is 0.125 e. The zero-order valence-corrected chi connectivity index (χ0v) is 12.6. The lowest BCUT2D eigenvalue weighted by Gasteiger charge is -2.18. The van der Waals surface area contributed by atoms with Gasteiger partial charge in [0.1, 0.15) is 5.75 Å². The topological polar surface area (TPSA) is 21.3 Å². The minimum atomic E-state index is 0.446. The molecule has 0 aromatic heterocycles. The van der Waals surface area contributed by atoms with Gasteiger partial charge < -0.3 is 10.1 Å². The van der Waals surface area contributed by atoms with Crippen molar-refractivity contribution in [2.45, 2.75) is 65.5 Å². The van der Waals surface area contributed by atoms with Crippen molar-refractivity contribution in [1.82, 2.24) is 5.32 Å². The molecule has 0 amide bonds. The van der Waals surface area contributed by atoms with Gasteiger partial charge in [0.25, 0.3) is 0 Å². The van der Waals surface area contributed by atoms with Crippen LogP contribution < -0.4 is 10.1 Å².